The van der Waals surface area contributed by atoms with E-state index in [1.807, 2.05) is 0 Å². The lowest BCUT2D eigenvalue weighted by Crippen LogP contribution is -2.33. The summed E-state index contributed by atoms with van der Waals surface area (Å²) in [5.41, 5.74) is 3.07. The highest BCUT2D eigenvalue weighted by molar-refractivity contribution is 5.31. The zero-order valence-electron chi connectivity index (χ0n) is 11.2. The van der Waals surface area contributed by atoms with Crippen LogP contribution in [0.15, 0.2) is 24.3 Å². The average Bonchev–Trinajstić information content (AvgIpc) is 2.32. The van der Waals surface area contributed by atoms with Crippen LogP contribution in [0, 0.1) is 5.92 Å². The van der Waals surface area contributed by atoms with Crippen molar-refractivity contribution >= 4 is 0 Å². The Morgan fingerprint density at radius 1 is 1.24 bits per heavy atom. The minimum atomic E-state index is 0.597. The quantitative estimate of drug-likeness (QED) is 0.777. The van der Waals surface area contributed by atoms with Crippen molar-refractivity contribution in [1.82, 2.24) is 5.32 Å². The standard InChI is InChI=1S/C16H25N/c1-3-12-17-16(14-9-7-10-14)15-11-6-5-8-13(15)4-2/h5-6,8,11,14,16-17H,3-4,7,9-10,12H2,1-2H3. The van der Waals surface area contributed by atoms with E-state index < -0.39 is 0 Å². The van der Waals surface area contributed by atoms with Crippen molar-refractivity contribution in [3.05, 3.63) is 35.4 Å². The van der Waals surface area contributed by atoms with Crippen molar-refractivity contribution in [1.29, 1.82) is 0 Å². The molecule has 1 aliphatic rings. The highest BCUT2D eigenvalue weighted by Crippen LogP contribution is 2.38. The molecule has 0 spiro atoms. The van der Waals surface area contributed by atoms with Gasteiger partial charge in [-0.05, 0) is 49.3 Å². The molecule has 1 unspecified atom stereocenters. The molecular weight excluding hydrogens is 206 g/mol. The molecule has 1 fully saturated rings. The third-order valence-corrected chi connectivity index (χ3v) is 4.01. The van der Waals surface area contributed by atoms with E-state index in [2.05, 4.69) is 43.4 Å². The Hall–Kier alpha value is -0.820. The van der Waals surface area contributed by atoms with E-state index in [1.165, 1.54) is 31.2 Å². The first-order valence-corrected chi connectivity index (χ1v) is 7.18. The summed E-state index contributed by atoms with van der Waals surface area (Å²) in [5, 5.41) is 3.76. The summed E-state index contributed by atoms with van der Waals surface area (Å²) in [7, 11) is 0. The van der Waals surface area contributed by atoms with Crippen LogP contribution in [0.4, 0.5) is 0 Å². The molecule has 1 atom stereocenters. The van der Waals surface area contributed by atoms with Crippen LogP contribution in [0.1, 0.15) is 56.7 Å². The van der Waals surface area contributed by atoms with Gasteiger partial charge in [0.2, 0.25) is 0 Å². The van der Waals surface area contributed by atoms with Gasteiger partial charge in [0, 0.05) is 6.04 Å². The number of rotatable bonds is 6. The highest BCUT2D eigenvalue weighted by Gasteiger charge is 2.28. The van der Waals surface area contributed by atoms with E-state index in [4.69, 9.17) is 0 Å². The maximum Gasteiger partial charge on any atom is 0.0351 e. The number of nitrogens with one attached hydrogen (secondary N) is 1. The summed E-state index contributed by atoms with van der Waals surface area (Å²) in [4.78, 5) is 0. The molecule has 0 bridgehead atoms. The lowest BCUT2D eigenvalue weighted by atomic mass is 9.76. The van der Waals surface area contributed by atoms with Gasteiger partial charge in [-0.15, -0.1) is 0 Å². The molecule has 0 aromatic heterocycles. The van der Waals surface area contributed by atoms with Gasteiger partial charge in [-0.25, -0.2) is 0 Å². The smallest absolute Gasteiger partial charge is 0.0351 e. The molecule has 1 saturated carbocycles. The molecule has 2 rings (SSSR count). The fraction of sp³-hybridized carbons (Fsp3) is 0.625. The van der Waals surface area contributed by atoms with Crippen LogP contribution < -0.4 is 5.32 Å². The molecule has 17 heavy (non-hydrogen) atoms. The molecule has 1 aromatic rings. The SMILES string of the molecule is CCCNC(c1ccccc1CC)C1CCC1. The van der Waals surface area contributed by atoms with Crippen LogP contribution in [0.2, 0.25) is 0 Å². The van der Waals surface area contributed by atoms with Gasteiger partial charge in [-0.3, -0.25) is 0 Å². The molecule has 0 saturated heterocycles. The lowest BCUT2D eigenvalue weighted by Gasteiger charge is -2.35. The Morgan fingerprint density at radius 3 is 2.59 bits per heavy atom. The molecule has 0 amide bonds. The highest BCUT2D eigenvalue weighted by atomic mass is 14.9. The zero-order chi connectivity index (χ0) is 12.1. The Labute approximate surface area is 106 Å². The van der Waals surface area contributed by atoms with Crippen molar-refractivity contribution in [2.24, 2.45) is 5.92 Å². The van der Waals surface area contributed by atoms with E-state index in [0.717, 1.165) is 18.9 Å². The third-order valence-electron chi connectivity index (χ3n) is 4.01. The van der Waals surface area contributed by atoms with Crippen molar-refractivity contribution in [2.45, 2.75) is 52.0 Å². The second kappa shape index (κ2) is 6.20. The topological polar surface area (TPSA) is 12.0 Å². The number of aryl methyl sites for hydroxylation is 1. The van der Waals surface area contributed by atoms with Gasteiger partial charge in [-0.1, -0.05) is 44.5 Å². The summed E-state index contributed by atoms with van der Waals surface area (Å²) < 4.78 is 0. The number of benzene rings is 1. The van der Waals surface area contributed by atoms with Crippen LogP contribution in [0.3, 0.4) is 0 Å². The van der Waals surface area contributed by atoms with Gasteiger partial charge in [0.1, 0.15) is 0 Å². The Balaban J connectivity index is 2.17. The fourth-order valence-corrected chi connectivity index (χ4v) is 2.76. The summed E-state index contributed by atoms with van der Waals surface area (Å²) in [5.74, 6) is 0.870. The molecule has 1 nitrogen and oxygen atoms in total. The predicted molar refractivity (Wildman–Crippen MR) is 74.2 cm³/mol. The average molecular weight is 231 g/mol. The predicted octanol–water partition coefficient (Wildman–Crippen LogP) is 4.09. The molecule has 1 N–H and O–H groups in total. The van der Waals surface area contributed by atoms with Gasteiger partial charge < -0.3 is 5.32 Å². The largest absolute Gasteiger partial charge is 0.310 e. The minimum Gasteiger partial charge on any atom is -0.310 e. The molecule has 1 aliphatic carbocycles. The van der Waals surface area contributed by atoms with Gasteiger partial charge in [0.05, 0.1) is 0 Å². The Morgan fingerprint density at radius 2 is 2.00 bits per heavy atom. The van der Waals surface area contributed by atoms with E-state index in [9.17, 15) is 0 Å². The summed E-state index contributed by atoms with van der Waals surface area (Å²) in [6.07, 6.45) is 6.59. The van der Waals surface area contributed by atoms with Crippen molar-refractivity contribution < 1.29 is 0 Å². The summed E-state index contributed by atoms with van der Waals surface area (Å²) in [6.45, 7) is 5.65. The monoisotopic (exact) mass is 231 g/mol. The molecule has 94 valence electrons. The van der Waals surface area contributed by atoms with E-state index in [-0.39, 0.29) is 0 Å². The van der Waals surface area contributed by atoms with Crippen LogP contribution in [0.25, 0.3) is 0 Å². The first-order valence-electron chi connectivity index (χ1n) is 7.18. The van der Waals surface area contributed by atoms with Crippen molar-refractivity contribution in [3.8, 4) is 0 Å². The maximum absolute atomic E-state index is 3.76. The van der Waals surface area contributed by atoms with Gasteiger partial charge in [0.15, 0.2) is 0 Å². The fourth-order valence-electron chi connectivity index (χ4n) is 2.76. The van der Waals surface area contributed by atoms with E-state index >= 15 is 0 Å². The maximum atomic E-state index is 3.76. The second-order valence-corrected chi connectivity index (χ2v) is 5.18. The van der Waals surface area contributed by atoms with Crippen LogP contribution in [-0.2, 0) is 6.42 Å². The number of hydrogen-bond donors (Lipinski definition) is 1. The second-order valence-electron chi connectivity index (χ2n) is 5.18. The molecule has 0 heterocycles. The normalized spacial score (nSPS) is 17.8. The Kier molecular flexibility index (Phi) is 4.61. The van der Waals surface area contributed by atoms with Gasteiger partial charge in [-0.2, -0.15) is 0 Å². The number of hydrogen-bond acceptors (Lipinski definition) is 1. The molecule has 0 aliphatic heterocycles. The summed E-state index contributed by atoms with van der Waals surface area (Å²) in [6, 6.07) is 9.56. The first-order chi connectivity index (χ1) is 8.36. The van der Waals surface area contributed by atoms with Crippen LogP contribution in [0.5, 0.6) is 0 Å². The Bertz CT molecular complexity index is 341. The van der Waals surface area contributed by atoms with Crippen LogP contribution in [-0.4, -0.2) is 6.54 Å². The van der Waals surface area contributed by atoms with Gasteiger partial charge >= 0.3 is 0 Å². The van der Waals surface area contributed by atoms with Crippen LogP contribution >= 0.6 is 0 Å². The molecule has 1 heteroatoms. The summed E-state index contributed by atoms with van der Waals surface area (Å²) >= 11 is 0. The zero-order valence-corrected chi connectivity index (χ0v) is 11.2. The van der Waals surface area contributed by atoms with Crippen molar-refractivity contribution in [3.63, 3.8) is 0 Å². The molecular formula is C16H25N. The van der Waals surface area contributed by atoms with E-state index in [0.29, 0.717) is 6.04 Å². The first kappa shape index (κ1) is 12.6. The molecule has 1 aromatic carbocycles. The third kappa shape index (κ3) is 2.90. The van der Waals surface area contributed by atoms with E-state index in [1.54, 1.807) is 5.56 Å². The lowest BCUT2D eigenvalue weighted by molar-refractivity contribution is 0.230. The minimum absolute atomic E-state index is 0.597. The van der Waals surface area contributed by atoms with Gasteiger partial charge in [0.25, 0.3) is 0 Å². The van der Waals surface area contributed by atoms with Crippen molar-refractivity contribution in [2.75, 3.05) is 6.54 Å². The molecule has 0 radical (unpaired) electrons.